The summed E-state index contributed by atoms with van der Waals surface area (Å²) in [4.78, 5) is 34.1. The summed E-state index contributed by atoms with van der Waals surface area (Å²) in [6, 6.07) is 13.7. The zero-order chi connectivity index (χ0) is 18.2. The third-order valence-electron chi connectivity index (χ3n) is 3.49. The number of rotatable bonds is 7. The Balaban J connectivity index is 1.93. The number of hydrogen-bond donors (Lipinski definition) is 2. The standard InChI is InChI=1S/C19H20N2O4/c1-13(15-7-5-8-17(10-15)21-14(2)23)20-19(24)12-25-18-9-4-3-6-16(18)11-22/h3-11,13H,12H2,1-2H3,(H,20,24)(H,21,23). The molecule has 0 spiro atoms. The lowest BCUT2D eigenvalue weighted by molar-refractivity contribution is -0.123. The minimum Gasteiger partial charge on any atom is -0.483 e. The van der Waals surface area contributed by atoms with E-state index in [4.69, 9.17) is 4.74 Å². The van der Waals surface area contributed by atoms with E-state index in [0.29, 0.717) is 23.3 Å². The molecule has 2 N–H and O–H groups in total. The number of carbonyl (C=O) groups is 3. The predicted octanol–water partition coefficient (Wildman–Crippen LogP) is 2.71. The summed E-state index contributed by atoms with van der Waals surface area (Å²) in [5.74, 6) is -0.0952. The van der Waals surface area contributed by atoms with Gasteiger partial charge in [0.15, 0.2) is 12.9 Å². The maximum absolute atomic E-state index is 12.1. The topological polar surface area (TPSA) is 84.5 Å². The molecule has 0 aliphatic carbocycles. The van der Waals surface area contributed by atoms with Crippen LogP contribution in [0.5, 0.6) is 5.75 Å². The van der Waals surface area contributed by atoms with Crippen LogP contribution in [0, 0.1) is 0 Å². The number of carbonyl (C=O) groups excluding carboxylic acids is 3. The molecular weight excluding hydrogens is 320 g/mol. The minimum absolute atomic E-state index is 0.156. The molecule has 0 fully saturated rings. The average molecular weight is 340 g/mol. The highest BCUT2D eigenvalue weighted by Crippen LogP contribution is 2.18. The molecule has 6 heteroatoms. The van der Waals surface area contributed by atoms with E-state index < -0.39 is 0 Å². The summed E-state index contributed by atoms with van der Waals surface area (Å²) in [6.07, 6.45) is 0.684. The molecule has 0 aromatic heterocycles. The Morgan fingerprint density at radius 2 is 1.92 bits per heavy atom. The fourth-order valence-corrected chi connectivity index (χ4v) is 2.31. The van der Waals surface area contributed by atoms with Crippen LogP contribution in [0.15, 0.2) is 48.5 Å². The first-order valence-corrected chi connectivity index (χ1v) is 7.83. The SMILES string of the molecule is CC(=O)Nc1cccc(C(C)NC(=O)COc2ccccc2C=O)c1. The van der Waals surface area contributed by atoms with Crippen molar-refractivity contribution in [1.29, 1.82) is 0 Å². The van der Waals surface area contributed by atoms with E-state index >= 15 is 0 Å². The molecule has 0 saturated carbocycles. The second kappa shape index (κ2) is 8.63. The Kier molecular flexibility index (Phi) is 6.28. The van der Waals surface area contributed by atoms with E-state index in [1.165, 1.54) is 6.92 Å². The van der Waals surface area contributed by atoms with Gasteiger partial charge in [-0.1, -0.05) is 24.3 Å². The molecule has 2 amide bonds. The highest BCUT2D eigenvalue weighted by atomic mass is 16.5. The molecule has 0 radical (unpaired) electrons. The highest BCUT2D eigenvalue weighted by Gasteiger charge is 2.12. The molecule has 1 atom stereocenters. The van der Waals surface area contributed by atoms with Gasteiger partial charge in [-0.25, -0.2) is 0 Å². The van der Waals surface area contributed by atoms with Crippen LogP contribution in [0.3, 0.4) is 0 Å². The summed E-state index contributed by atoms with van der Waals surface area (Å²) in [6.45, 7) is 3.08. The number of ether oxygens (including phenoxy) is 1. The Morgan fingerprint density at radius 1 is 1.16 bits per heavy atom. The molecule has 0 aliphatic heterocycles. The van der Waals surface area contributed by atoms with Gasteiger partial charge in [0.05, 0.1) is 11.6 Å². The monoisotopic (exact) mass is 340 g/mol. The van der Waals surface area contributed by atoms with Gasteiger partial charge >= 0.3 is 0 Å². The van der Waals surface area contributed by atoms with Crippen molar-refractivity contribution in [2.24, 2.45) is 0 Å². The molecule has 1 unspecified atom stereocenters. The largest absolute Gasteiger partial charge is 0.483 e. The third kappa shape index (κ3) is 5.46. The number of nitrogens with one attached hydrogen (secondary N) is 2. The van der Waals surface area contributed by atoms with Gasteiger partial charge in [0.2, 0.25) is 5.91 Å². The number of benzene rings is 2. The first kappa shape index (κ1) is 18.2. The van der Waals surface area contributed by atoms with E-state index in [-0.39, 0.29) is 24.5 Å². The summed E-state index contributed by atoms with van der Waals surface area (Å²) >= 11 is 0. The fraction of sp³-hybridized carbons (Fsp3) is 0.211. The molecule has 2 aromatic carbocycles. The smallest absolute Gasteiger partial charge is 0.258 e. The number of anilines is 1. The van der Waals surface area contributed by atoms with E-state index in [1.807, 2.05) is 13.0 Å². The van der Waals surface area contributed by atoms with Crippen LogP contribution in [0.1, 0.15) is 35.8 Å². The van der Waals surface area contributed by atoms with Crippen molar-refractivity contribution >= 4 is 23.8 Å². The molecule has 0 bridgehead atoms. The maximum Gasteiger partial charge on any atom is 0.258 e. The Hall–Kier alpha value is -3.15. The Bertz CT molecular complexity index is 774. The Morgan fingerprint density at radius 3 is 2.64 bits per heavy atom. The van der Waals surface area contributed by atoms with Gasteiger partial charge in [-0.15, -0.1) is 0 Å². The van der Waals surface area contributed by atoms with Gasteiger partial charge in [-0.3, -0.25) is 14.4 Å². The van der Waals surface area contributed by atoms with Crippen LogP contribution in [0.4, 0.5) is 5.69 Å². The molecule has 2 aromatic rings. The normalized spacial score (nSPS) is 11.3. The summed E-state index contributed by atoms with van der Waals surface area (Å²) < 4.78 is 5.40. The molecule has 0 heterocycles. The van der Waals surface area contributed by atoms with Gasteiger partial charge in [0.1, 0.15) is 5.75 Å². The van der Waals surface area contributed by atoms with Crippen molar-refractivity contribution in [2.45, 2.75) is 19.9 Å². The van der Waals surface area contributed by atoms with Gasteiger partial charge in [-0.2, -0.15) is 0 Å². The minimum atomic E-state index is -0.307. The lowest BCUT2D eigenvalue weighted by Crippen LogP contribution is -2.31. The van der Waals surface area contributed by atoms with Crippen molar-refractivity contribution < 1.29 is 19.1 Å². The van der Waals surface area contributed by atoms with E-state index in [2.05, 4.69) is 10.6 Å². The fourth-order valence-electron chi connectivity index (χ4n) is 2.31. The van der Waals surface area contributed by atoms with Crippen LogP contribution in [-0.4, -0.2) is 24.7 Å². The van der Waals surface area contributed by atoms with Gasteiger partial charge < -0.3 is 15.4 Å². The van der Waals surface area contributed by atoms with Crippen molar-refractivity contribution in [3.8, 4) is 5.75 Å². The van der Waals surface area contributed by atoms with Crippen LogP contribution in [0.2, 0.25) is 0 Å². The average Bonchev–Trinajstić information content (AvgIpc) is 2.59. The maximum atomic E-state index is 12.1. The van der Waals surface area contributed by atoms with Crippen molar-refractivity contribution in [1.82, 2.24) is 5.32 Å². The van der Waals surface area contributed by atoms with Crippen molar-refractivity contribution in [3.63, 3.8) is 0 Å². The van der Waals surface area contributed by atoms with Crippen LogP contribution >= 0.6 is 0 Å². The molecule has 0 aliphatic rings. The Labute approximate surface area is 146 Å². The van der Waals surface area contributed by atoms with Gasteiger partial charge in [0, 0.05) is 12.6 Å². The highest BCUT2D eigenvalue weighted by molar-refractivity contribution is 5.88. The molecule has 2 rings (SSSR count). The molecule has 6 nitrogen and oxygen atoms in total. The second-order valence-corrected chi connectivity index (χ2v) is 5.54. The van der Waals surface area contributed by atoms with Gasteiger partial charge in [0.25, 0.3) is 5.91 Å². The van der Waals surface area contributed by atoms with Crippen molar-refractivity contribution in [3.05, 3.63) is 59.7 Å². The lowest BCUT2D eigenvalue weighted by Gasteiger charge is -2.16. The lowest BCUT2D eigenvalue weighted by atomic mass is 10.1. The van der Waals surface area contributed by atoms with Crippen LogP contribution < -0.4 is 15.4 Å². The van der Waals surface area contributed by atoms with E-state index in [0.717, 1.165) is 5.56 Å². The number of amides is 2. The summed E-state index contributed by atoms with van der Waals surface area (Å²) in [7, 11) is 0. The molecule has 25 heavy (non-hydrogen) atoms. The van der Waals surface area contributed by atoms with E-state index in [1.54, 1.807) is 42.5 Å². The first-order valence-electron chi connectivity index (χ1n) is 7.83. The quantitative estimate of drug-likeness (QED) is 0.759. The van der Waals surface area contributed by atoms with Crippen LogP contribution in [-0.2, 0) is 9.59 Å². The van der Waals surface area contributed by atoms with Crippen LogP contribution in [0.25, 0.3) is 0 Å². The molecule has 130 valence electrons. The number of hydrogen-bond acceptors (Lipinski definition) is 4. The third-order valence-corrected chi connectivity index (χ3v) is 3.49. The summed E-state index contributed by atoms with van der Waals surface area (Å²) in [5, 5.41) is 5.52. The zero-order valence-electron chi connectivity index (χ0n) is 14.1. The molecular formula is C19H20N2O4. The van der Waals surface area contributed by atoms with Crippen molar-refractivity contribution in [2.75, 3.05) is 11.9 Å². The second-order valence-electron chi connectivity index (χ2n) is 5.54. The number of aldehydes is 1. The summed E-state index contributed by atoms with van der Waals surface area (Å²) in [5.41, 5.74) is 1.92. The number of para-hydroxylation sites is 1. The van der Waals surface area contributed by atoms with E-state index in [9.17, 15) is 14.4 Å². The first-order chi connectivity index (χ1) is 12.0. The predicted molar refractivity (Wildman–Crippen MR) is 94.6 cm³/mol. The molecule has 0 saturated heterocycles. The zero-order valence-corrected chi connectivity index (χ0v) is 14.1. The van der Waals surface area contributed by atoms with Gasteiger partial charge in [-0.05, 0) is 36.8 Å².